The Balaban J connectivity index is 1.60. The molecule has 1 aliphatic heterocycles. The fraction of sp³-hybridized carbons (Fsp3) is 0.333. The van der Waals surface area contributed by atoms with Gasteiger partial charge in [-0.25, -0.2) is 22.0 Å². The van der Waals surface area contributed by atoms with Crippen molar-refractivity contribution >= 4 is 0 Å². The van der Waals surface area contributed by atoms with Crippen molar-refractivity contribution in [1.82, 2.24) is 0 Å². The highest BCUT2D eigenvalue weighted by molar-refractivity contribution is 5.72. The number of ether oxygens (including phenoxy) is 1. The molecular formula is C30H29F5O. The van der Waals surface area contributed by atoms with Crippen molar-refractivity contribution in [3.8, 4) is 22.3 Å². The molecular weight excluding hydrogens is 471 g/mol. The van der Waals surface area contributed by atoms with Gasteiger partial charge in [-0.15, -0.1) is 6.58 Å². The Bertz CT molecular complexity index is 1240. The highest BCUT2D eigenvalue weighted by Gasteiger charge is 2.28. The van der Waals surface area contributed by atoms with Crippen molar-refractivity contribution in [2.24, 2.45) is 0 Å². The molecule has 3 aromatic carbocycles. The predicted molar refractivity (Wildman–Crippen MR) is 132 cm³/mol. The van der Waals surface area contributed by atoms with Crippen molar-refractivity contribution < 1.29 is 26.7 Å². The van der Waals surface area contributed by atoms with E-state index in [-0.39, 0.29) is 40.9 Å². The zero-order valence-corrected chi connectivity index (χ0v) is 20.2. The number of halogens is 5. The van der Waals surface area contributed by atoms with E-state index in [1.807, 2.05) is 13.0 Å². The second kappa shape index (κ2) is 11.4. The van der Waals surface area contributed by atoms with Gasteiger partial charge in [0.15, 0.2) is 23.3 Å². The van der Waals surface area contributed by atoms with Crippen LogP contribution in [0.5, 0.6) is 0 Å². The molecule has 6 heteroatoms. The van der Waals surface area contributed by atoms with Gasteiger partial charge in [-0.3, -0.25) is 0 Å². The lowest BCUT2D eigenvalue weighted by atomic mass is 9.88. The largest absolute Gasteiger partial charge is 0.378 e. The van der Waals surface area contributed by atoms with Gasteiger partial charge in [0, 0.05) is 22.6 Å². The van der Waals surface area contributed by atoms with Crippen molar-refractivity contribution in [3.05, 3.63) is 95.3 Å². The molecule has 0 aliphatic carbocycles. The Morgan fingerprint density at radius 1 is 0.861 bits per heavy atom. The summed E-state index contributed by atoms with van der Waals surface area (Å²) in [4.78, 5) is 0. The minimum Gasteiger partial charge on any atom is -0.378 e. The number of rotatable bonds is 8. The lowest BCUT2D eigenvalue weighted by Gasteiger charge is -2.29. The molecule has 0 spiro atoms. The van der Waals surface area contributed by atoms with Crippen molar-refractivity contribution in [2.75, 3.05) is 6.61 Å². The van der Waals surface area contributed by atoms with Gasteiger partial charge in [0.2, 0.25) is 0 Å². The average molecular weight is 501 g/mol. The van der Waals surface area contributed by atoms with Crippen LogP contribution in [0.3, 0.4) is 0 Å². The van der Waals surface area contributed by atoms with Crippen LogP contribution in [-0.4, -0.2) is 12.7 Å². The summed E-state index contributed by atoms with van der Waals surface area (Å²) in [5.41, 5.74) is -0.0939. The van der Waals surface area contributed by atoms with Gasteiger partial charge >= 0.3 is 0 Å². The maximum atomic E-state index is 15.1. The fourth-order valence-corrected chi connectivity index (χ4v) is 4.84. The van der Waals surface area contributed by atoms with E-state index < -0.39 is 34.6 Å². The summed E-state index contributed by atoms with van der Waals surface area (Å²) >= 11 is 0. The summed E-state index contributed by atoms with van der Waals surface area (Å²) in [6.07, 6.45) is 6.20. The molecule has 2 unspecified atom stereocenters. The van der Waals surface area contributed by atoms with Crippen LogP contribution >= 0.6 is 0 Å². The monoisotopic (exact) mass is 500 g/mol. The van der Waals surface area contributed by atoms with Crippen LogP contribution in [-0.2, 0) is 11.2 Å². The summed E-state index contributed by atoms with van der Waals surface area (Å²) < 4.78 is 80.4. The topological polar surface area (TPSA) is 9.23 Å². The molecule has 36 heavy (non-hydrogen) atoms. The summed E-state index contributed by atoms with van der Waals surface area (Å²) in [5, 5.41) is 0. The molecule has 2 atom stereocenters. The molecule has 0 radical (unpaired) electrons. The molecule has 4 rings (SSSR count). The molecule has 1 aliphatic rings. The standard InChI is InChI=1S/C30H29F5O/c1-3-5-7-21-11-10-20(17-36-21)23-13-15-25(30(35)28(23)33)24-14-12-22(27(32)29(24)34)19-9-8-18(6-4-2)26(31)16-19/h3,8-9,12-16,20-21H,1,4-7,10-11,17H2,2H3. The SMILES string of the molecule is C=CCCC1CCC(c2ccc(-c3ccc(-c4ccc(CCC)c(F)c4)c(F)c3F)c(F)c2F)CO1. The van der Waals surface area contributed by atoms with Gasteiger partial charge in [-0.1, -0.05) is 55.8 Å². The Kier molecular flexibility index (Phi) is 8.24. The maximum absolute atomic E-state index is 15.1. The van der Waals surface area contributed by atoms with E-state index in [1.54, 1.807) is 6.07 Å². The number of benzene rings is 3. The first kappa shape index (κ1) is 26.1. The van der Waals surface area contributed by atoms with E-state index in [1.165, 1.54) is 30.3 Å². The lowest BCUT2D eigenvalue weighted by Crippen LogP contribution is -2.25. The molecule has 0 amide bonds. The van der Waals surface area contributed by atoms with E-state index in [2.05, 4.69) is 6.58 Å². The first-order chi connectivity index (χ1) is 17.3. The van der Waals surface area contributed by atoms with Crippen molar-refractivity contribution in [1.29, 1.82) is 0 Å². The lowest BCUT2D eigenvalue weighted by molar-refractivity contribution is -0.000881. The van der Waals surface area contributed by atoms with Gasteiger partial charge in [0.1, 0.15) is 5.82 Å². The first-order valence-corrected chi connectivity index (χ1v) is 12.3. The van der Waals surface area contributed by atoms with E-state index in [0.717, 1.165) is 31.7 Å². The third kappa shape index (κ3) is 5.24. The van der Waals surface area contributed by atoms with Crippen LogP contribution < -0.4 is 0 Å². The fourth-order valence-electron chi connectivity index (χ4n) is 4.84. The number of hydrogen-bond acceptors (Lipinski definition) is 1. The molecule has 1 nitrogen and oxygen atoms in total. The van der Waals surface area contributed by atoms with Crippen LogP contribution in [0.1, 0.15) is 56.1 Å². The molecule has 1 saturated heterocycles. The summed E-state index contributed by atoms with van der Waals surface area (Å²) in [7, 11) is 0. The summed E-state index contributed by atoms with van der Waals surface area (Å²) in [5.74, 6) is -5.69. The third-order valence-corrected chi connectivity index (χ3v) is 6.87. The molecule has 0 N–H and O–H groups in total. The van der Waals surface area contributed by atoms with E-state index in [9.17, 15) is 4.39 Å². The Hall–Kier alpha value is -2.99. The Morgan fingerprint density at radius 2 is 1.53 bits per heavy atom. The van der Waals surface area contributed by atoms with Crippen LogP contribution in [0.15, 0.2) is 55.1 Å². The predicted octanol–water partition coefficient (Wildman–Crippen LogP) is 8.90. The molecule has 0 aromatic heterocycles. The number of allylic oxidation sites excluding steroid dienone is 1. The minimum absolute atomic E-state index is 0.0679. The van der Waals surface area contributed by atoms with E-state index in [0.29, 0.717) is 18.4 Å². The van der Waals surface area contributed by atoms with Gasteiger partial charge in [-0.2, -0.15) is 0 Å². The number of hydrogen-bond donors (Lipinski definition) is 0. The maximum Gasteiger partial charge on any atom is 0.167 e. The van der Waals surface area contributed by atoms with Gasteiger partial charge < -0.3 is 4.74 Å². The zero-order valence-electron chi connectivity index (χ0n) is 20.2. The average Bonchev–Trinajstić information content (AvgIpc) is 2.88. The Morgan fingerprint density at radius 3 is 2.17 bits per heavy atom. The molecule has 0 saturated carbocycles. The van der Waals surface area contributed by atoms with Crippen LogP contribution in [0.25, 0.3) is 22.3 Å². The Labute approximate surface area is 208 Å². The molecule has 1 heterocycles. The number of aryl methyl sites for hydroxylation is 1. The second-order valence-electron chi connectivity index (χ2n) is 9.27. The third-order valence-electron chi connectivity index (χ3n) is 6.87. The molecule has 3 aromatic rings. The van der Waals surface area contributed by atoms with Crippen LogP contribution in [0.4, 0.5) is 22.0 Å². The highest BCUT2D eigenvalue weighted by atomic mass is 19.2. The second-order valence-corrected chi connectivity index (χ2v) is 9.27. The minimum atomic E-state index is -1.32. The van der Waals surface area contributed by atoms with Gasteiger partial charge in [-0.05, 0) is 54.9 Å². The van der Waals surface area contributed by atoms with Gasteiger partial charge in [0.05, 0.1) is 12.7 Å². The molecule has 0 bridgehead atoms. The first-order valence-electron chi connectivity index (χ1n) is 12.3. The normalized spacial score (nSPS) is 17.8. The van der Waals surface area contributed by atoms with E-state index in [4.69, 9.17) is 4.74 Å². The van der Waals surface area contributed by atoms with Crippen LogP contribution in [0, 0.1) is 29.1 Å². The summed E-state index contributed by atoms with van der Waals surface area (Å²) in [6, 6.07) is 9.36. The highest BCUT2D eigenvalue weighted by Crippen LogP contribution is 2.37. The zero-order chi connectivity index (χ0) is 25.8. The molecule has 1 fully saturated rings. The van der Waals surface area contributed by atoms with E-state index >= 15 is 17.6 Å². The van der Waals surface area contributed by atoms with Crippen molar-refractivity contribution in [2.45, 2.75) is 57.5 Å². The van der Waals surface area contributed by atoms with Crippen LogP contribution in [0.2, 0.25) is 0 Å². The van der Waals surface area contributed by atoms with Gasteiger partial charge in [0.25, 0.3) is 0 Å². The quantitative estimate of drug-likeness (QED) is 0.222. The van der Waals surface area contributed by atoms with Crippen molar-refractivity contribution in [3.63, 3.8) is 0 Å². The summed E-state index contributed by atoms with van der Waals surface area (Å²) in [6.45, 7) is 5.88. The molecule has 190 valence electrons. The smallest absolute Gasteiger partial charge is 0.167 e.